The van der Waals surface area contributed by atoms with Crippen molar-refractivity contribution in [3.63, 3.8) is 0 Å². The number of unbranched alkanes of at least 4 members (excludes halogenated alkanes) is 3. The number of ketones is 1. The molecule has 1 aromatic carbocycles. The summed E-state index contributed by atoms with van der Waals surface area (Å²) in [5.74, 6) is -2.48. The Bertz CT molecular complexity index is 693. The van der Waals surface area contributed by atoms with Crippen LogP contribution in [0.4, 0.5) is 0 Å². The molecular weight excluding hydrogens is 386 g/mol. The van der Waals surface area contributed by atoms with Gasteiger partial charge in [-0.1, -0.05) is 38.0 Å². The van der Waals surface area contributed by atoms with Gasteiger partial charge in [-0.15, -0.1) is 0 Å². The molecule has 8 heteroatoms. The minimum Gasteiger partial charge on any atom is -0.480 e. The van der Waals surface area contributed by atoms with Gasteiger partial charge in [-0.05, 0) is 44.4 Å². The van der Waals surface area contributed by atoms with Crippen LogP contribution in [0, 0.1) is 0 Å². The van der Waals surface area contributed by atoms with Crippen LogP contribution in [-0.4, -0.2) is 59.2 Å². The first-order valence-electron chi connectivity index (χ1n) is 10.5. The first-order chi connectivity index (χ1) is 14.4. The summed E-state index contributed by atoms with van der Waals surface area (Å²) < 4.78 is 0. The lowest BCUT2D eigenvalue weighted by Crippen LogP contribution is -2.50. The van der Waals surface area contributed by atoms with Gasteiger partial charge in [-0.3, -0.25) is 19.3 Å². The summed E-state index contributed by atoms with van der Waals surface area (Å²) in [6.07, 6.45) is 4.80. The van der Waals surface area contributed by atoms with Crippen LogP contribution in [0.3, 0.4) is 0 Å². The predicted octanol–water partition coefficient (Wildman–Crippen LogP) is 1.98. The molecule has 0 heterocycles. The third-order valence-electron chi connectivity index (χ3n) is 4.74. The normalized spacial score (nSPS) is 11.7. The number of hydrogen-bond acceptors (Lipinski definition) is 6. The Morgan fingerprint density at radius 2 is 1.77 bits per heavy atom. The van der Waals surface area contributed by atoms with E-state index in [2.05, 4.69) is 12.2 Å². The second kappa shape index (κ2) is 14.4. The molecule has 30 heavy (non-hydrogen) atoms. The Balaban J connectivity index is 2.58. The van der Waals surface area contributed by atoms with Crippen LogP contribution in [0.25, 0.3) is 0 Å². The molecule has 0 aliphatic rings. The summed E-state index contributed by atoms with van der Waals surface area (Å²) in [5.41, 5.74) is 5.65. The van der Waals surface area contributed by atoms with Gasteiger partial charge in [-0.2, -0.15) is 0 Å². The minimum absolute atomic E-state index is 0.117. The molecule has 0 saturated heterocycles. The molecule has 1 atom stereocenters. The van der Waals surface area contributed by atoms with Crippen molar-refractivity contribution in [1.29, 1.82) is 0 Å². The van der Waals surface area contributed by atoms with Crippen molar-refractivity contribution < 1.29 is 24.3 Å². The molecule has 0 aliphatic carbocycles. The molecule has 8 nitrogen and oxygen atoms in total. The van der Waals surface area contributed by atoms with Crippen molar-refractivity contribution in [2.24, 2.45) is 5.73 Å². The van der Waals surface area contributed by atoms with E-state index >= 15 is 0 Å². The van der Waals surface area contributed by atoms with Gasteiger partial charge in [-0.25, -0.2) is 4.79 Å². The molecule has 0 radical (unpaired) electrons. The molecule has 0 aliphatic heterocycles. The smallest absolute Gasteiger partial charge is 0.326 e. The van der Waals surface area contributed by atoms with Crippen molar-refractivity contribution in [2.45, 2.75) is 57.9 Å². The quantitative estimate of drug-likeness (QED) is 0.371. The number of carbonyl (C=O) groups is 4. The van der Waals surface area contributed by atoms with Crippen LogP contribution < -0.4 is 11.1 Å². The van der Waals surface area contributed by atoms with E-state index in [-0.39, 0.29) is 17.8 Å². The molecule has 1 aromatic rings. The van der Waals surface area contributed by atoms with Gasteiger partial charge in [0.15, 0.2) is 0 Å². The van der Waals surface area contributed by atoms with Gasteiger partial charge in [0.1, 0.15) is 11.8 Å². The molecule has 2 amide bonds. The average molecular weight is 420 g/mol. The lowest BCUT2D eigenvalue weighted by molar-refractivity contribution is -0.147. The number of rotatable bonds is 15. The summed E-state index contributed by atoms with van der Waals surface area (Å²) in [6, 6.07) is 6.78. The summed E-state index contributed by atoms with van der Waals surface area (Å²) in [6.45, 7) is 2.49. The van der Waals surface area contributed by atoms with Crippen molar-refractivity contribution in [3.8, 4) is 0 Å². The number of benzene rings is 1. The minimum atomic E-state index is -1.29. The van der Waals surface area contributed by atoms with E-state index in [9.17, 15) is 24.3 Å². The second-order valence-corrected chi connectivity index (χ2v) is 7.16. The van der Waals surface area contributed by atoms with E-state index in [1.54, 1.807) is 18.2 Å². The van der Waals surface area contributed by atoms with E-state index < -0.39 is 30.4 Å². The number of aliphatic carboxylic acids is 1. The highest BCUT2D eigenvalue weighted by atomic mass is 16.4. The van der Waals surface area contributed by atoms with E-state index in [1.165, 1.54) is 12.1 Å². The summed E-state index contributed by atoms with van der Waals surface area (Å²) in [5, 5.41) is 12.7. The van der Waals surface area contributed by atoms with Crippen LogP contribution in [0.15, 0.2) is 30.3 Å². The van der Waals surface area contributed by atoms with Crippen molar-refractivity contribution >= 4 is 23.6 Å². The fourth-order valence-corrected chi connectivity index (χ4v) is 3.09. The SMILES string of the molecule is CCCCCC(=O)CNCCCCC(C(=O)O)N(C(=O)CN)C(=O)c1ccccc1. The Kier molecular flexibility index (Phi) is 12.2. The lowest BCUT2D eigenvalue weighted by atomic mass is 10.1. The molecule has 166 valence electrons. The highest BCUT2D eigenvalue weighted by Gasteiger charge is 2.34. The van der Waals surface area contributed by atoms with Crippen LogP contribution in [0.2, 0.25) is 0 Å². The maximum absolute atomic E-state index is 12.7. The summed E-state index contributed by atoms with van der Waals surface area (Å²) in [4.78, 5) is 49.3. The standard InChI is InChI=1S/C22H33N3O5/c1-2-3-5-12-18(26)16-24-14-9-8-13-19(22(29)30)25(20(27)15-23)21(28)17-10-6-4-7-11-17/h4,6-7,10-11,19,24H,2-3,5,8-9,12-16,23H2,1H3,(H,29,30). The topological polar surface area (TPSA) is 130 Å². The number of hydrogen-bond donors (Lipinski definition) is 3. The Hall–Kier alpha value is -2.58. The van der Waals surface area contributed by atoms with Gasteiger partial charge in [0, 0.05) is 12.0 Å². The zero-order valence-electron chi connectivity index (χ0n) is 17.6. The second-order valence-electron chi connectivity index (χ2n) is 7.16. The number of carbonyl (C=O) groups excluding carboxylic acids is 3. The Labute approximate surface area is 177 Å². The fraction of sp³-hybridized carbons (Fsp3) is 0.545. The number of carboxylic acids is 1. The van der Waals surface area contributed by atoms with Gasteiger partial charge in [0.25, 0.3) is 5.91 Å². The molecule has 1 unspecified atom stereocenters. The van der Waals surface area contributed by atoms with Crippen molar-refractivity contribution in [3.05, 3.63) is 35.9 Å². The molecule has 0 saturated carbocycles. The zero-order chi connectivity index (χ0) is 22.4. The van der Waals surface area contributed by atoms with Crippen LogP contribution in [0.5, 0.6) is 0 Å². The zero-order valence-corrected chi connectivity index (χ0v) is 17.6. The maximum Gasteiger partial charge on any atom is 0.326 e. The highest BCUT2D eigenvalue weighted by molar-refractivity contribution is 6.07. The van der Waals surface area contributed by atoms with E-state index in [0.29, 0.717) is 32.4 Å². The predicted molar refractivity (Wildman–Crippen MR) is 114 cm³/mol. The number of nitrogens with two attached hydrogens (primary N) is 1. The first-order valence-corrected chi connectivity index (χ1v) is 10.5. The van der Waals surface area contributed by atoms with Crippen molar-refractivity contribution in [2.75, 3.05) is 19.6 Å². The van der Waals surface area contributed by atoms with Gasteiger partial charge in [0.05, 0.1) is 13.1 Å². The maximum atomic E-state index is 12.7. The number of nitrogens with one attached hydrogen (secondary N) is 1. The Morgan fingerprint density at radius 3 is 2.37 bits per heavy atom. The number of Topliss-reactive ketones (excluding diaryl/α,β-unsaturated/α-hetero) is 1. The molecule has 4 N–H and O–H groups in total. The molecular formula is C22H33N3O5. The van der Waals surface area contributed by atoms with Gasteiger partial charge in [0.2, 0.25) is 5.91 Å². The molecule has 1 rings (SSSR count). The number of carboxylic acid groups (broad SMARTS) is 1. The van der Waals surface area contributed by atoms with Crippen molar-refractivity contribution in [1.82, 2.24) is 10.2 Å². The summed E-state index contributed by atoms with van der Waals surface area (Å²) >= 11 is 0. The Morgan fingerprint density at radius 1 is 1.07 bits per heavy atom. The largest absolute Gasteiger partial charge is 0.480 e. The van der Waals surface area contributed by atoms with Crippen LogP contribution in [-0.2, 0) is 14.4 Å². The monoisotopic (exact) mass is 419 g/mol. The first kappa shape index (κ1) is 25.5. The molecule has 0 aromatic heterocycles. The van der Waals surface area contributed by atoms with Gasteiger partial charge >= 0.3 is 5.97 Å². The van der Waals surface area contributed by atoms with E-state index in [4.69, 9.17) is 5.73 Å². The summed E-state index contributed by atoms with van der Waals surface area (Å²) in [7, 11) is 0. The third kappa shape index (κ3) is 8.84. The van der Waals surface area contributed by atoms with Crippen LogP contribution >= 0.6 is 0 Å². The van der Waals surface area contributed by atoms with Crippen LogP contribution in [0.1, 0.15) is 62.2 Å². The molecule has 0 fully saturated rings. The van der Waals surface area contributed by atoms with E-state index in [1.807, 2.05) is 0 Å². The number of amides is 2. The highest BCUT2D eigenvalue weighted by Crippen LogP contribution is 2.14. The molecule has 0 bridgehead atoms. The fourth-order valence-electron chi connectivity index (χ4n) is 3.09. The lowest BCUT2D eigenvalue weighted by Gasteiger charge is -2.27. The average Bonchev–Trinajstić information content (AvgIpc) is 2.75. The number of nitrogens with zero attached hydrogens (tertiary/aromatic N) is 1. The number of imide groups is 1. The molecule has 0 spiro atoms. The van der Waals surface area contributed by atoms with Gasteiger partial charge < -0.3 is 16.2 Å². The third-order valence-corrected chi connectivity index (χ3v) is 4.74. The van der Waals surface area contributed by atoms with E-state index in [0.717, 1.165) is 24.2 Å².